The van der Waals surface area contributed by atoms with E-state index >= 15 is 0 Å². The first-order valence-electron chi connectivity index (χ1n) is 36.1. The summed E-state index contributed by atoms with van der Waals surface area (Å²) in [5, 5.41) is 5.31. The Hall–Kier alpha value is -5.77. The molecule has 4 nitrogen and oxygen atoms in total. The molecule has 4 saturated carbocycles. The van der Waals surface area contributed by atoms with Crippen molar-refractivity contribution in [3.05, 3.63) is 191 Å². The lowest BCUT2D eigenvalue weighted by Crippen LogP contribution is -2.65. The van der Waals surface area contributed by atoms with Gasteiger partial charge in [0.15, 0.2) is 0 Å². The van der Waals surface area contributed by atoms with E-state index in [0.717, 1.165) is 29.1 Å². The summed E-state index contributed by atoms with van der Waals surface area (Å²) in [6.07, 6.45) is 29.3. The predicted molar refractivity (Wildman–Crippen MR) is 396 cm³/mol. The Morgan fingerprint density at radius 2 is 0.813 bits per heavy atom. The molecule has 16 rings (SSSR count). The molecule has 0 N–H and O–H groups in total. The highest BCUT2D eigenvalue weighted by molar-refractivity contribution is 6.77. The molecule has 0 amide bonds. The summed E-state index contributed by atoms with van der Waals surface area (Å²) >= 11 is 0. The highest BCUT2D eigenvalue weighted by Crippen LogP contribution is 2.63. The zero-order chi connectivity index (χ0) is 63.5. The Bertz CT molecular complexity index is 4190. The lowest BCUT2D eigenvalue weighted by molar-refractivity contribution is 0.138. The molecule has 474 valence electrons. The number of hydrogen-bond donors (Lipinski definition) is 0. The van der Waals surface area contributed by atoms with Gasteiger partial charge in [0.1, 0.15) is 16.5 Å². The number of aromatic nitrogens is 2. The van der Waals surface area contributed by atoms with E-state index in [1.165, 1.54) is 172 Å². The van der Waals surface area contributed by atoms with Crippen molar-refractivity contribution in [1.29, 1.82) is 0 Å². The van der Waals surface area contributed by atoms with Crippen LogP contribution in [0, 0.1) is 29.6 Å². The zero-order valence-corrected chi connectivity index (χ0v) is 60.2. The Kier molecular flexibility index (Phi) is 15.0. The summed E-state index contributed by atoms with van der Waals surface area (Å²) in [4.78, 5) is 0. The Labute approximate surface area is 549 Å². The maximum Gasteiger partial charge on any atom is 0.127 e. The largest absolute Gasteiger partial charge is 0.316 e. The smallest absolute Gasteiger partial charge is 0.127 e. The summed E-state index contributed by atoms with van der Waals surface area (Å²) in [6.45, 7) is 38.6. The number of rotatable bonds is 8. The van der Waals surface area contributed by atoms with Gasteiger partial charge in [0.05, 0.1) is 22.1 Å². The quantitative estimate of drug-likeness (QED) is 0.141. The second-order valence-corrected chi connectivity index (χ2v) is 43.1. The number of nitrogens with zero attached hydrogens (tertiary/aromatic N) is 4. The van der Waals surface area contributed by atoms with Crippen molar-refractivity contribution >= 4 is 71.2 Å². The van der Waals surface area contributed by atoms with Gasteiger partial charge in [-0.05, 0) is 214 Å². The molecule has 0 aliphatic heterocycles. The fraction of sp³-hybridized carbons (Fsp3) is 0.482. The zero-order valence-electron chi connectivity index (χ0n) is 58.2. The lowest BCUT2D eigenvalue weighted by Gasteiger charge is -2.56. The van der Waals surface area contributed by atoms with Crippen LogP contribution in [0.15, 0.2) is 169 Å². The fourth-order valence-corrected chi connectivity index (χ4v) is 33.8. The van der Waals surface area contributed by atoms with Gasteiger partial charge < -0.3 is 18.3 Å². The molecule has 2 aromatic heterocycles. The molecular formula is C85H106N4Si2. The van der Waals surface area contributed by atoms with E-state index in [9.17, 15) is 0 Å². The van der Waals surface area contributed by atoms with Gasteiger partial charge in [0.2, 0.25) is 0 Å². The molecule has 8 aromatic rings. The third-order valence-electron chi connectivity index (χ3n) is 25.2. The van der Waals surface area contributed by atoms with Gasteiger partial charge in [0, 0.05) is 66.9 Å². The van der Waals surface area contributed by atoms with Gasteiger partial charge in [-0.2, -0.15) is 0 Å². The van der Waals surface area contributed by atoms with Crippen LogP contribution in [0.25, 0.3) is 66.1 Å². The fourth-order valence-electron chi connectivity index (χ4n) is 22.3. The van der Waals surface area contributed by atoms with E-state index in [4.69, 9.17) is 0 Å². The first-order valence-corrected chi connectivity index (χ1v) is 42.2. The third-order valence-corrected chi connectivity index (χ3v) is 34.9. The number of para-hydroxylation sites is 4. The summed E-state index contributed by atoms with van der Waals surface area (Å²) < 4.78 is 11.2. The maximum atomic E-state index is 3.13. The molecule has 8 aliphatic rings. The van der Waals surface area contributed by atoms with Crippen molar-refractivity contribution in [3.63, 3.8) is 0 Å². The van der Waals surface area contributed by atoms with Crippen molar-refractivity contribution in [2.24, 2.45) is 29.6 Å². The van der Waals surface area contributed by atoms with Crippen LogP contribution in [0.1, 0.15) is 182 Å². The minimum Gasteiger partial charge on any atom is -0.316 e. The average Bonchev–Trinajstić information content (AvgIpc) is 1.58. The monoisotopic (exact) mass is 1240 g/mol. The molecule has 0 bridgehead atoms. The van der Waals surface area contributed by atoms with Gasteiger partial charge in [0.25, 0.3) is 0 Å². The van der Waals surface area contributed by atoms with Crippen LogP contribution < -0.4 is 0 Å². The standard InChI is InChI=1S/C43H54N2Si.C42H52N2Si/c1-28-24-29-25-36-32-23-22-31(44-39-20-14-12-18-33(39)34-19-13-15-21-40(34)44)26-37(32)43(5,6)38(36)27-35(29)41(28)46(7,8)45(42(2,3)4)30-16-10-9-11-17-30;1-41(2,3)44(29-15-9-8-10-16-29)45(6,7)40-24-21-28-25-35-31-23-22-30(26-36(31)42(4,5)37(35)27-34(28)40)43-38-19-13-11-17-32(38)33-18-12-14-20-39(33)43/h12-15,18-23,25-30,35,41H,9-11,16-17,24H2,1-8H3;11-14,17-20,22-23,25-29,34,40H,8-10,15-16,21,24H2,1-7H3. The lowest BCUT2D eigenvalue weighted by atomic mass is 9.76. The van der Waals surface area contributed by atoms with E-state index in [0.29, 0.717) is 23.7 Å². The van der Waals surface area contributed by atoms with Crippen molar-refractivity contribution in [3.8, 4) is 11.4 Å². The molecule has 0 saturated heterocycles. The average molecular weight is 1240 g/mol. The Balaban J connectivity index is 0.000000151. The summed E-state index contributed by atoms with van der Waals surface area (Å²) in [6, 6.07) is 51.8. The normalized spacial score (nSPS) is 25.6. The van der Waals surface area contributed by atoms with Crippen molar-refractivity contribution < 1.29 is 0 Å². The van der Waals surface area contributed by atoms with E-state index in [-0.39, 0.29) is 21.9 Å². The van der Waals surface area contributed by atoms with Crippen molar-refractivity contribution in [1.82, 2.24) is 18.3 Å². The number of hydrogen-bond acceptors (Lipinski definition) is 2. The van der Waals surface area contributed by atoms with Gasteiger partial charge in [-0.15, -0.1) is 0 Å². The minimum absolute atomic E-state index is 0.00711. The second-order valence-electron chi connectivity index (χ2n) is 34.1. The molecule has 2 heterocycles. The van der Waals surface area contributed by atoms with Crippen LogP contribution in [-0.4, -0.2) is 57.9 Å². The molecule has 91 heavy (non-hydrogen) atoms. The van der Waals surface area contributed by atoms with Crippen LogP contribution in [0.5, 0.6) is 0 Å². The highest BCUT2D eigenvalue weighted by Gasteiger charge is 2.57. The Morgan fingerprint density at radius 3 is 1.23 bits per heavy atom. The Morgan fingerprint density at radius 1 is 0.429 bits per heavy atom. The SMILES string of the molecule is CC1(C)C2=CC3C(C=C2c2ccc(-n4c5ccccc5c5ccccc54)cc21)CCC3[Si](C)(C)N(C1CCCCC1)C(C)(C)C.CC1CC2C=C3C(=CC2C1[Si](C)(C)N(C1CCCCC1)C(C)(C)C)C(C)(C)c1cc(-n2c4ccccc4c4ccccc42)ccc13. The van der Waals surface area contributed by atoms with Crippen LogP contribution in [0.3, 0.4) is 0 Å². The molecule has 7 unspecified atom stereocenters. The van der Waals surface area contributed by atoms with E-state index < -0.39 is 16.5 Å². The number of fused-ring (bicyclic) bond motifs is 14. The summed E-state index contributed by atoms with van der Waals surface area (Å²) in [5.41, 5.74) is 21.9. The molecule has 0 radical (unpaired) electrons. The van der Waals surface area contributed by atoms with Crippen LogP contribution in [0.2, 0.25) is 37.3 Å². The minimum atomic E-state index is -1.81. The molecule has 7 atom stereocenters. The van der Waals surface area contributed by atoms with Crippen LogP contribution in [-0.2, 0) is 10.8 Å². The van der Waals surface area contributed by atoms with E-state index in [1.54, 1.807) is 11.1 Å². The molecule has 8 aliphatic carbocycles. The highest BCUT2D eigenvalue weighted by atomic mass is 28.3. The van der Waals surface area contributed by atoms with Gasteiger partial charge in [-0.25, -0.2) is 0 Å². The van der Waals surface area contributed by atoms with Gasteiger partial charge in [-0.3, -0.25) is 0 Å². The van der Waals surface area contributed by atoms with Crippen molar-refractivity contribution in [2.45, 2.75) is 231 Å². The molecular weight excluding hydrogens is 1130 g/mol. The van der Waals surface area contributed by atoms with Gasteiger partial charge in [-0.1, -0.05) is 215 Å². The van der Waals surface area contributed by atoms with E-state index in [2.05, 4.69) is 278 Å². The first-order chi connectivity index (χ1) is 43.4. The topological polar surface area (TPSA) is 16.3 Å². The van der Waals surface area contributed by atoms with Crippen LogP contribution >= 0.6 is 0 Å². The summed E-state index contributed by atoms with van der Waals surface area (Å²) in [7, 11) is -3.55. The molecule has 4 fully saturated rings. The predicted octanol–water partition coefficient (Wildman–Crippen LogP) is 23.1. The van der Waals surface area contributed by atoms with Gasteiger partial charge >= 0.3 is 0 Å². The second kappa shape index (κ2) is 22.2. The van der Waals surface area contributed by atoms with E-state index in [1.807, 2.05) is 0 Å². The van der Waals surface area contributed by atoms with Crippen molar-refractivity contribution in [2.75, 3.05) is 0 Å². The molecule has 0 spiro atoms. The van der Waals surface area contributed by atoms with Crippen LogP contribution in [0.4, 0.5) is 0 Å². The number of benzene rings is 6. The third kappa shape index (κ3) is 9.79. The molecule has 6 heteroatoms. The number of allylic oxidation sites excluding steroid dienone is 8. The first kappa shape index (κ1) is 61.4. The maximum absolute atomic E-state index is 3.13. The summed E-state index contributed by atoms with van der Waals surface area (Å²) in [5.74, 6) is 3.40. The molecule has 6 aromatic carbocycles.